The topological polar surface area (TPSA) is 27.7 Å². The van der Waals surface area contributed by atoms with Gasteiger partial charge >= 0.3 is 33.0 Å². The number of allylic oxidation sites excluding steroid dienone is 2. The van der Waals surface area contributed by atoms with E-state index in [1.54, 1.807) is 0 Å². The van der Waals surface area contributed by atoms with Gasteiger partial charge in [0, 0.05) is 48.5 Å². The van der Waals surface area contributed by atoms with Gasteiger partial charge in [0.15, 0.2) is 6.21 Å². The molecule has 13 heteroatoms. The molecule has 0 radical (unpaired) electrons. The largest absolute Gasteiger partial charge is 0.107 e. The van der Waals surface area contributed by atoms with Crippen LogP contribution in [-0.2, 0) is 12.8 Å². The van der Waals surface area contributed by atoms with E-state index in [0.717, 1.165) is 18.6 Å². The number of nitrogens with zero attached hydrogens (tertiary/aromatic N) is 3. The molecule has 238 valence electrons. The first-order chi connectivity index (χ1) is 18.5. The molecule has 0 saturated heterocycles. The van der Waals surface area contributed by atoms with E-state index in [1.165, 1.54) is 33.5 Å². The summed E-state index contributed by atoms with van der Waals surface area (Å²) in [5, 5.41) is 0. The average Bonchev–Trinajstić information content (AvgIpc) is 2.80. The molecular formula is C29H39F6I3N3P. The molecule has 0 amide bonds. The average molecular weight is 955 g/mol. The Labute approximate surface area is 286 Å². The number of hydrogen-bond donors (Lipinski definition) is 0. The Balaban J connectivity index is 0.000000635. The summed E-state index contributed by atoms with van der Waals surface area (Å²) in [4.78, 5) is 9.64. The van der Waals surface area contributed by atoms with Crippen LogP contribution in [0.4, 0.5) is 25.2 Å². The van der Waals surface area contributed by atoms with Crippen molar-refractivity contribution in [3.63, 3.8) is 0 Å². The van der Waals surface area contributed by atoms with Crippen LogP contribution >= 0.6 is 69.0 Å². The number of aliphatic imine (C=N–C) groups is 2. The van der Waals surface area contributed by atoms with Crippen molar-refractivity contribution in [2.75, 3.05) is 14.1 Å². The molecule has 42 heavy (non-hydrogen) atoms. The van der Waals surface area contributed by atoms with E-state index in [4.69, 9.17) is 4.99 Å². The van der Waals surface area contributed by atoms with Gasteiger partial charge in [0.05, 0.1) is 22.4 Å². The molecule has 0 aliphatic carbocycles. The molecule has 0 fully saturated rings. The van der Waals surface area contributed by atoms with Crippen LogP contribution in [0.2, 0.25) is 0 Å². The fourth-order valence-corrected chi connectivity index (χ4v) is 4.59. The van der Waals surface area contributed by atoms with Crippen LogP contribution in [0.5, 0.6) is 0 Å². The summed E-state index contributed by atoms with van der Waals surface area (Å²) < 4.78 is 61.3. The molecule has 3 nitrogen and oxygen atoms in total. The Morgan fingerprint density at radius 3 is 1.60 bits per heavy atom. The molecule has 2 aliphatic heterocycles. The second-order valence-electron chi connectivity index (χ2n) is 11.2. The first-order valence-electron chi connectivity index (χ1n) is 12.7. The van der Waals surface area contributed by atoms with Gasteiger partial charge in [-0.1, -0.05) is 54.6 Å². The maximum atomic E-state index is 9.87. The van der Waals surface area contributed by atoms with Gasteiger partial charge in [-0.05, 0) is 71.1 Å². The first-order valence-corrected chi connectivity index (χ1v) is 21.0. The minimum absolute atomic E-state index is 0. The van der Waals surface area contributed by atoms with Gasteiger partial charge < -0.3 is 0 Å². The molecule has 0 atom stereocenters. The summed E-state index contributed by atoms with van der Waals surface area (Å²) in [6.07, 6.45) is 6.33. The SMILES string of the molecule is C/C=C(/C=[N+](C)C)C1=NC(C)(C)Cc2ccccc21.CC1=NC(C)(C)Cc2ccccc21.F[P-](F)(F)(F)(F)F.I.II. The van der Waals surface area contributed by atoms with E-state index < -0.39 is 7.81 Å². The van der Waals surface area contributed by atoms with Crippen LogP contribution in [0.25, 0.3) is 0 Å². The zero-order valence-electron chi connectivity index (χ0n) is 24.9. The van der Waals surface area contributed by atoms with Gasteiger partial charge in [-0.25, -0.2) is 4.58 Å². The summed E-state index contributed by atoms with van der Waals surface area (Å²) in [6.45, 7) is 12.9. The van der Waals surface area contributed by atoms with Gasteiger partial charge in [-0.15, -0.1) is 24.0 Å². The predicted molar refractivity (Wildman–Crippen MR) is 196 cm³/mol. The van der Waals surface area contributed by atoms with Gasteiger partial charge in [-0.2, -0.15) is 0 Å². The smallest absolute Gasteiger partial charge is 0 e. The quantitative estimate of drug-likeness (QED) is 0.0943. The van der Waals surface area contributed by atoms with E-state index in [9.17, 15) is 25.2 Å². The molecular weight excluding hydrogens is 916 g/mol. The van der Waals surface area contributed by atoms with Crippen molar-refractivity contribution in [3.8, 4) is 0 Å². The number of rotatable bonds is 2. The van der Waals surface area contributed by atoms with Crippen molar-refractivity contribution in [1.29, 1.82) is 0 Å². The van der Waals surface area contributed by atoms with Gasteiger partial charge in [0.2, 0.25) is 0 Å². The van der Waals surface area contributed by atoms with E-state index >= 15 is 0 Å². The standard InChI is InChI=1S/C17H23N2.C12H15N.F6P.I2.HI/c1-6-13(12-19(4)5)16-15-10-8-7-9-14(15)11-17(2,3)18-16;1-9-11-7-5-4-6-10(11)8-12(2,3)13-9;1-7(2,3,4,5)6;1-2;/h6-10,12H,11H2,1-5H3;4-7H,8H2,1-3H3;;;1H/q+1;;-1;;/b13-6-;;;;. The minimum Gasteiger partial charge on any atom is -0.107 e. The molecule has 0 spiro atoms. The van der Waals surface area contributed by atoms with Crippen LogP contribution < -0.4 is 0 Å². The fourth-order valence-electron chi connectivity index (χ4n) is 4.59. The summed E-state index contributed by atoms with van der Waals surface area (Å²) in [5.74, 6) is 0. The molecule has 0 unspecified atom stereocenters. The number of halogens is 9. The Kier molecular flexibility index (Phi) is 14.9. The number of benzene rings is 2. The second kappa shape index (κ2) is 15.1. The number of fused-ring (bicyclic) bond motifs is 2. The molecule has 2 heterocycles. The Morgan fingerprint density at radius 1 is 0.786 bits per heavy atom. The Bertz CT molecular complexity index is 1340. The van der Waals surface area contributed by atoms with Crippen molar-refractivity contribution >= 4 is 86.7 Å². The van der Waals surface area contributed by atoms with Gasteiger partial charge in [0.25, 0.3) is 0 Å². The summed E-state index contributed by atoms with van der Waals surface area (Å²) in [5.41, 5.74) is 8.94. The second-order valence-corrected chi connectivity index (χ2v) is 13.2. The first kappa shape index (κ1) is 41.4. The van der Waals surface area contributed by atoms with E-state index in [1.807, 2.05) is 14.1 Å². The minimum atomic E-state index is -10.7. The third-order valence-electron chi connectivity index (χ3n) is 5.79. The zero-order valence-corrected chi connectivity index (χ0v) is 32.4. The van der Waals surface area contributed by atoms with Gasteiger partial charge in [0.1, 0.15) is 14.1 Å². The van der Waals surface area contributed by atoms with Crippen molar-refractivity contribution in [3.05, 3.63) is 82.4 Å². The molecule has 0 aromatic heterocycles. The summed E-state index contributed by atoms with van der Waals surface area (Å²) in [7, 11) is -6.57. The molecule has 0 saturated carbocycles. The predicted octanol–water partition coefficient (Wildman–Crippen LogP) is 11.7. The molecule has 0 bridgehead atoms. The summed E-state index contributed by atoms with van der Waals surface area (Å²) in [6, 6.07) is 17.1. The number of hydrogen-bond acceptors (Lipinski definition) is 2. The molecule has 0 N–H and O–H groups in total. The third kappa shape index (κ3) is 16.5. The monoisotopic (exact) mass is 955 g/mol. The summed E-state index contributed by atoms with van der Waals surface area (Å²) >= 11 is 4.24. The van der Waals surface area contributed by atoms with Crippen molar-refractivity contribution in [2.45, 2.75) is 65.5 Å². The van der Waals surface area contributed by atoms with Crippen LogP contribution in [0.1, 0.15) is 63.8 Å². The Hall–Kier alpha value is -0.610. The van der Waals surface area contributed by atoms with Gasteiger partial charge in [-0.3, -0.25) is 9.98 Å². The van der Waals surface area contributed by atoms with E-state index in [2.05, 4.69) is 149 Å². The van der Waals surface area contributed by atoms with Crippen LogP contribution in [0.3, 0.4) is 0 Å². The molecule has 4 rings (SSSR count). The van der Waals surface area contributed by atoms with Crippen LogP contribution in [0, 0.1) is 0 Å². The van der Waals surface area contributed by atoms with E-state index in [-0.39, 0.29) is 35.1 Å². The maximum absolute atomic E-state index is 10.7. The van der Waals surface area contributed by atoms with E-state index in [0.29, 0.717) is 0 Å². The van der Waals surface area contributed by atoms with Crippen LogP contribution in [0.15, 0.2) is 70.2 Å². The molecule has 2 aromatic carbocycles. The molecule has 2 aliphatic rings. The third-order valence-corrected chi connectivity index (χ3v) is 5.79. The maximum Gasteiger partial charge on any atom is 0 e. The Morgan fingerprint density at radius 2 is 1.17 bits per heavy atom. The normalized spacial score (nSPS) is 17.9. The van der Waals surface area contributed by atoms with Crippen molar-refractivity contribution in [1.82, 2.24) is 0 Å². The molecule has 2 aromatic rings. The van der Waals surface area contributed by atoms with Crippen LogP contribution in [-0.4, -0.2) is 47.4 Å². The van der Waals surface area contributed by atoms with Crippen molar-refractivity contribution in [2.24, 2.45) is 9.98 Å². The zero-order chi connectivity index (χ0) is 31.9. The van der Waals surface area contributed by atoms with Crippen molar-refractivity contribution < 1.29 is 29.8 Å². The fraction of sp³-hybridized carbons (Fsp3) is 0.414.